The van der Waals surface area contributed by atoms with E-state index in [2.05, 4.69) is 5.32 Å². The highest BCUT2D eigenvalue weighted by atomic mass is 32.1. The number of carbonyl (C=O) groups excluding carboxylic acids is 2. The zero-order valence-corrected chi connectivity index (χ0v) is 15.4. The Labute approximate surface area is 154 Å². The van der Waals surface area contributed by atoms with Crippen molar-refractivity contribution in [3.8, 4) is 0 Å². The van der Waals surface area contributed by atoms with Crippen LogP contribution in [0.1, 0.15) is 39.9 Å². The van der Waals surface area contributed by atoms with Crippen molar-refractivity contribution in [2.24, 2.45) is 5.92 Å². The maximum absolute atomic E-state index is 12.6. The third kappa shape index (κ3) is 3.50. The topological polar surface area (TPSA) is 99.9 Å². The van der Waals surface area contributed by atoms with Crippen molar-refractivity contribution in [3.63, 3.8) is 0 Å². The van der Waals surface area contributed by atoms with Crippen molar-refractivity contribution in [2.45, 2.75) is 33.2 Å². The van der Waals surface area contributed by atoms with Crippen molar-refractivity contribution < 1.29 is 23.9 Å². The number of anilines is 1. The number of furan rings is 1. The number of carboxylic acid groups (broad SMARTS) is 1. The molecule has 1 fully saturated rings. The first-order valence-electron chi connectivity index (χ1n) is 8.37. The monoisotopic (exact) mass is 376 g/mol. The summed E-state index contributed by atoms with van der Waals surface area (Å²) in [7, 11) is 0. The molecule has 2 aromatic heterocycles. The summed E-state index contributed by atoms with van der Waals surface area (Å²) < 4.78 is 5.25. The molecule has 0 spiro atoms. The van der Waals surface area contributed by atoms with Gasteiger partial charge in [0.25, 0.3) is 0 Å². The van der Waals surface area contributed by atoms with Gasteiger partial charge in [-0.3, -0.25) is 9.59 Å². The second-order valence-electron chi connectivity index (χ2n) is 6.24. The number of nitrogens with one attached hydrogen (secondary N) is 1. The Hall–Kier alpha value is -2.61. The van der Waals surface area contributed by atoms with Gasteiger partial charge in [-0.15, -0.1) is 11.3 Å². The highest BCUT2D eigenvalue weighted by Crippen LogP contribution is 2.34. The SMILES string of the molecule is CCc1c(C)sc(NC(=O)C2CC(=O)N(Cc3ccco3)C2)c1C(=O)O. The van der Waals surface area contributed by atoms with E-state index in [-0.39, 0.29) is 23.8 Å². The second-order valence-corrected chi connectivity index (χ2v) is 7.47. The summed E-state index contributed by atoms with van der Waals surface area (Å²) in [5.74, 6) is -1.34. The van der Waals surface area contributed by atoms with Gasteiger partial charge in [0.05, 0.1) is 24.3 Å². The van der Waals surface area contributed by atoms with Crippen molar-refractivity contribution in [1.82, 2.24) is 4.90 Å². The highest BCUT2D eigenvalue weighted by Gasteiger charge is 2.35. The molecule has 2 amide bonds. The highest BCUT2D eigenvalue weighted by molar-refractivity contribution is 7.16. The van der Waals surface area contributed by atoms with E-state index in [1.807, 2.05) is 13.8 Å². The van der Waals surface area contributed by atoms with Gasteiger partial charge >= 0.3 is 5.97 Å². The zero-order chi connectivity index (χ0) is 18.8. The van der Waals surface area contributed by atoms with Crippen LogP contribution in [0, 0.1) is 12.8 Å². The summed E-state index contributed by atoms with van der Waals surface area (Å²) in [6.07, 6.45) is 2.23. The average molecular weight is 376 g/mol. The lowest BCUT2D eigenvalue weighted by Gasteiger charge is -2.15. The Morgan fingerprint density at radius 3 is 2.85 bits per heavy atom. The van der Waals surface area contributed by atoms with Crippen molar-refractivity contribution in [2.75, 3.05) is 11.9 Å². The summed E-state index contributed by atoms with van der Waals surface area (Å²) in [6.45, 7) is 4.35. The lowest BCUT2D eigenvalue weighted by Crippen LogP contribution is -2.28. The van der Waals surface area contributed by atoms with Crippen LogP contribution in [0.3, 0.4) is 0 Å². The van der Waals surface area contributed by atoms with Crippen LogP contribution in [0.4, 0.5) is 5.00 Å². The molecule has 1 saturated heterocycles. The number of carbonyl (C=O) groups is 3. The van der Waals surface area contributed by atoms with E-state index in [9.17, 15) is 19.5 Å². The number of hydrogen-bond donors (Lipinski definition) is 2. The number of amides is 2. The average Bonchev–Trinajstić information content (AvgIpc) is 3.28. The lowest BCUT2D eigenvalue weighted by atomic mass is 10.1. The number of likely N-dealkylation sites (tertiary alicyclic amines) is 1. The molecule has 0 aromatic carbocycles. The van der Waals surface area contributed by atoms with E-state index in [1.165, 1.54) is 17.6 Å². The standard InChI is InChI=1S/C18H20N2O5S/c1-3-13-10(2)26-17(15(13)18(23)24)19-16(22)11-7-14(21)20(8-11)9-12-5-4-6-25-12/h4-6,11H,3,7-9H2,1-2H3,(H,19,22)(H,23,24). The minimum Gasteiger partial charge on any atom is -0.478 e. The number of carboxylic acids is 1. The Kier molecular flexibility index (Phi) is 5.13. The summed E-state index contributed by atoms with van der Waals surface area (Å²) in [4.78, 5) is 38.8. The van der Waals surface area contributed by atoms with Crippen LogP contribution in [0.15, 0.2) is 22.8 Å². The summed E-state index contributed by atoms with van der Waals surface area (Å²) >= 11 is 1.26. The Balaban J connectivity index is 1.71. The van der Waals surface area contributed by atoms with Gasteiger partial charge in [0, 0.05) is 17.8 Å². The van der Waals surface area contributed by atoms with E-state index in [1.54, 1.807) is 17.0 Å². The minimum atomic E-state index is -1.05. The predicted molar refractivity (Wildman–Crippen MR) is 96.3 cm³/mol. The molecule has 8 heteroatoms. The van der Waals surface area contributed by atoms with Crippen LogP contribution < -0.4 is 5.32 Å². The van der Waals surface area contributed by atoms with Gasteiger partial charge in [0.15, 0.2) is 0 Å². The molecule has 1 aliphatic heterocycles. The molecule has 26 heavy (non-hydrogen) atoms. The molecule has 1 aliphatic rings. The molecule has 0 radical (unpaired) electrons. The molecule has 138 valence electrons. The molecule has 1 atom stereocenters. The molecule has 3 heterocycles. The fourth-order valence-electron chi connectivity index (χ4n) is 3.22. The smallest absolute Gasteiger partial charge is 0.339 e. The Morgan fingerprint density at radius 1 is 1.46 bits per heavy atom. The third-order valence-electron chi connectivity index (χ3n) is 4.53. The van der Waals surface area contributed by atoms with Gasteiger partial charge < -0.3 is 19.7 Å². The number of rotatable bonds is 6. The molecule has 0 bridgehead atoms. The van der Waals surface area contributed by atoms with E-state index in [0.29, 0.717) is 30.3 Å². The third-order valence-corrected chi connectivity index (χ3v) is 5.59. The molecular weight excluding hydrogens is 356 g/mol. The van der Waals surface area contributed by atoms with E-state index >= 15 is 0 Å². The van der Waals surface area contributed by atoms with E-state index in [0.717, 1.165) is 10.4 Å². The molecule has 2 aromatic rings. The first-order chi connectivity index (χ1) is 12.4. The predicted octanol–water partition coefficient (Wildman–Crippen LogP) is 2.90. The summed E-state index contributed by atoms with van der Waals surface area (Å²) in [6, 6.07) is 3.53. The summed E-state index contributed by atoms with van der Waals surface area (Å²) in [5.41, 5.74) is 0.889. The summed E-state index contributed by atoms with van der Waals surface area (Å²) in [5, 5.41) is 12.5. The molecule has 0 aliphatic carbocycles. The van der Waals surface area contributed by atoms with Gasteiger partial charge in [-0.25, -0.2) is 4.79 Å². The maximum Gasteiger partial charge on any atom is 0.339 e. The fraction of sp³-hybridized carbons (Fsp3) is 0.389. The van der Waals surface area contributed by atoms with Crippen molar-refractivity contribution >= 4 is 34.1 Å². The second kappa shape index (κ2) is 7.33. The van der Waals surface area contributed by atoms with Gasteiger partial charge in [-0.2, -0.15) is 0 Å². The molecule has 7 nitrogen and oxygen atoms in total. The molecular formula is C18H20N2O5S. The van der Waals surface area contributed by atoms with Gasteiger partial charge in [0.2, 0.25) is 11.8 Å². The first kappa shape index (κ1) is 18.2. The van der Waals surface area contributed by atoms with Gasteiger partial charge in [0.1, 0.15) is 10.8 Å². The van der Waals surface area contributed by atoms with Gasteiger partial charge in [-0.05, 0) is 31.0 Å². The van der Waals surface area contributed by atoms with E-state index < -0.39 is 11.9 Å². The van der Waals surface area contributed by atoms with Crippen LogP contribution >= 0.6 is 11.3 Å². The Morgan fingerprint density at radius 2 is 2.23 bits per heavy atom. The van der Waals surface area contributed by atoms with Crippen LogP contribution in [-0.2, 0) is 22.6 Å². The molecule has 0 saturated carbocycles. The molecule has 2 N–H and O–H groups in total. The molecule has 1 unspecified atom stereocenters. The lowest BCUT2D eigenvalue weighted by molar-refractivity contribution is -0.128. The van der Waals surface area contributed by atoms with Crippen LogP contribution in [0.5, 0.6) is 0 Å². The first-order valence-corrected chi connectivity index (χ1v) is 9.18. The van der Waals surface area contributed by atoms with Crippen molar-refractivity contribution in [3.05, 3.63) is 40.2 Å². The quantitative estimate of drug-likeness (QED) is 0.807. The van der Waals surface area contributed by atoms with Crippen LogP contribution in [0.25, 0.3) is 0 Å². The zero-order valence-electron chi connectivity index (χ0n) is 14.6. The van der Waals surface area contributed by atoms with Crippen LogP contribution in [0.2, 0.25) is 0 Å². The number of aromatic carboxylic acids is 1. The number of aryl methyl sites for hydroxylation is 1. The number of thiophene rings is 1. The number of nitrogens with zero attached hydrogens (tertiary/aromatic N) is 1. The van der Waals surface area contributed by atoms with Gasteiger partial charge in [-0.1, -0.05) is 6.92 Å². The fourth-order valence-corrected chi connectivity index (χ4v) is 4.36. The molecule has 3 rings (SSSR count). The minimum absolute atomic E-state index is 0.111. The Bertz CT molecular complexity index is 840. The normalized spacial score (nSPS) is 16.9. The largest absolute Gasteiger partial charge is 0.478 e. The van der Waals surface area contributed by atoms with E-state index in [4.69, 9.17) is 4.42 Å². The van der Waals surface area contributed by atoms with Crippen molar-refractivity contribution in [1.29, 1.82) is 0 Å². The maximum atomic E-state index is 12.6. The number of hydrogen-bond acceptors (Lipinski definition) is 5. The van der Waals surface area contributed by atoms with Crippen LogP contribution in [-0.4, -0.2) is 34.3 Å².